The first kappa shape index (κ1) is 13.0. The van der Waals surface area contributed by atoms with Crippen LogP contribution >= 0.6 is 0 Å². The van der Waals surface area contributed by atoms with Gasteiger partial charge < -0.3 is 0 Å². The van der Waals surface area contributed by atoms with Gasteiger partial charge in [-0.1, -0.05) is 12.7 Å². The predicted molar refractivity (Wildman–Crippen MR) is 66.6 cm³/mol. The Morgan fingerprint density at radius 1 is 1.65 bits per heavy atom. The Bertz CT molecular complexity index is 560. The lowest BCUT2D eigenvalue weighted by molar-refractivity contribution is 0.602. The molecule has 17 heavy (non-hydrogen) atoms. The van der Waals surface area contributed by atoms with E-state index in [1.807, 2.05) is 0 Å². The lowest BCUT2D eigenvalue weighted by Gasteiger charge is -2.11. The molecule has 1 rings (SSSR count). The molecule has 90 valence electrons. The summed E-state index contributed by atoms with van der Waals surface area (Å²) >= 11 is 0. The van der Waals surface area contributed by atoms with Crippen LogP contribution in [0.3, 0.4) is 0 Å². The van der Waals surface area contributed by atoms with Gasteiger partial charge in [-0.25, -0.2) is 13.4 Å². The fourth-order valence-corrected chi connectivity index (χ4v) is 1.82. The topological polar surface area (TPSA) is 94.9 Å². The van der Waals surface area contributed by atoms with Crippen molar-refractivity contribution in [2.45, 2.75) is 6.92 Å². The normalized spacial score (nSPS) is 10.4. The summed E-state index contributed by atoms with van der Waals surface area (Å²) in [6.45, 7) is 5.10. The van der Waals surface area contributed by atoms with E-state index in [2.05, 4.69) is 21.6 Å². The van der Waals surface area contributed by atoms with E-state index in [1.54, 1.807) is 6.19 Å². The van der Waals surface area contributed by atoms with Gasteiger partial charge in [0.2, 0.25) is 10.0 Å². The Labute approximate surface area is 100 Å². The van der Waals surface area contributed by atoms with E-state index in [0.29, 0.717) is 11.3 Å². The second-order valence-electron chi connectivity index (χ2n) is 3.07. The lowest BCUT2D eigenvalue weighted by Crippen LogP contribution is -2.15. The van der Waals surface area contributed by atoms with Crippen LogP contribution in [-0.2, 0) is 10.0 Å². The average molecular weight is 252 g/mol. The van der Waals surface area contributed by atoms with E-state index >= 15 is 0 Å². The quantitative estimate of drug-likeness (QED) is 0.609. The maximum Gasteiger partial charge on any atom is 0.232 e. The number of pyridine rings is 1. The maximum atomic E-state index is 11.5. The van der Waals surface area contributed by atoms with Crippen LogP contribution in [0.4, 0.5) is 11.5 Å². The minimum atomic E-state index is -3.37. The highest BCUT2D eigenvalue weighted by Crippen LogP contribution is 2.24. The number of hydrogen-bond acceptors (Lipinski definition) is 5. The summed E-state index contributed by atoms with van der Waals surface area (Å²) in [6, 6.07) is 1.51. The Morgan fingerprint density at radius 3 is 2.88 bits per heavy atom. The molecular weight excluding hydrogens is 240 g/mol. The minimum absolute atomic E-state index is 0.0348. The molecule has 7 heteroatoms. The van der Waals surface area contributed by atoms with Crippen molar-refractivity contribution in [2.75, 3.05) is 15.8 Å². The molecule has 0 saturated carbocycles. The second-order valence-corrected chi connectivity index (χ2v) is 5.08. The van der Waals surface area contributed by atoms with Gasteiger partial charge >= 0.3 is 0 Å². The number of nitriles is 1. The van der Waals surface area contributed by atoms with Crippen LogP contribution in [0.15, 0.2) is 18.8 Å². The number of aromatic nitrogens is 1. The van der Waals surface area contributed by atoms with Crippen molar-refractivity contribution in [3.63, 3.8) is 0 Å². The van der Waals surface area contributed by atoms with Crippen LogP contribution in [0, 0.1) is 11.5 Å². The van der Waals surface area contributed by atoms with Crippen LogP contribution in [0.5, 0.6) is 0 Å². The summed E-state index contributed by atoms with van der Waals surface area (Å²) in [5.41, 5.74) is 0.778. The standard InChI is InChI=1S/C10H12N4O2S/c1-3-8-9(14-17(15,16)4-2)5-6-12-10(8)13-7-11/h3,5-6H,1,4H2,2H3,(H2,12,13,14). The Balaban J connectivity index is 3.21. The van der Waals surface area contributed by atoms with E-state index in [1.165, 1.54) is 25.3 Å². The highest BCUT2D eigenvalue weighted by molar-refractivity contribution is 7.92. The average Bonchev–Trinajstić information content (AvgIpc) is 2.29. The largest absolute Gasteiger partial charge is 0.283 e. The zero-order valence-electron chi connectivity index (χ0n) is 9.27. The first-order valence-corrected chi connectivity index (χ1v) is 6.46. The van der Waals surface area contributed by atoms with Gasteiger partial charge in [0.1, 0.15) is 5.82 Å². The summed E-state index contributed by atoms with van der Waals surface area (Å²) in [5, 5.41) is 10.9. The Hall–Kier alpha value is -2.07. The smallest absolute Gasteiger partial charge is 0.232 e. The molecule has 0 radical (unpaired) electrons. The molecule has 0 amide bonds. The van der Waals surface area contributed by atoms with Gasteiger partial charge in [0.25, 0.3) is 0 Å². The van der Waals surface area contributed by atoms with Gasteiger partial charge in [0.15, 0.2) is 6.19 Å². The van der Waals surface area contributed by atoms with E-state index in [4.69, 9.17) is 5.26 Å². The zero-order valence-corrected chi connectivity index (χ0v) is 10.1. The molecule has 0 atom stereocenters. The fourth-order valence-electron chi connectivity index (χ4n) is 1.16. The molecular formula is C10H12N4O2S. The van der Waals surface area contributed by atoms with Gasteiger partial charge in [-0.2, -0.15) is 5.26 Å². The summed E-state index contributed by atoms with van der Waals surface area (Å²) in [7, 11) is -3.37. The number of hydrogen-bond donors (Lipinski definition) is 2. The van der Waals surface area contributed by atoms with Gasteiger partial charge in [-0.3, -0.25) is 10.0 Å². The van der Waals surface area contributed by atoms with Crippen LogP contribution in [-0.4, -0.2) is 19.2 Å². The van der Waals surface area contributed by atoms with Crippen LogP contribution in [0.25, 0.3) is 6.08 Å². The maximum absolute atomic E-state index is 11.5. The number of nitrogens with one attached hydrogen (secondary N) is 2. The van der Waals surface area contributed by atoms with Crippen molar-refractivity contribution in [2.24, 2.45) is 0 Å². The molecule has 0 bridgehead atoms. The molecule has 0 aliphatic heterocycles. The summed E-state index contributed by atoms with van der Waals surface area (Å²) in [6.07, 6.45) is 4.56. The molecule has 1 heterocycles. The molecule has 0 fully saturated rings. The minimum Gasteiger partial charge on any atom is -0.283 e. The zero-order chi connectivity index (χ0) is 12.9. The van der Waals surface area contributed by atoms with Crippen molar-refractivity contribution < 1.29 is 8.42 Å². The van der Waals surface area contributed by atoms with E-state index in [9.17, 15) is 8.42 Å². The fraction of sp³-hybridized carbons (Fsp3) is 0.200. The van der Waals surface area contributed by atoms with Gasteiger partial charge in [0.05, 0.1) is 11.4 Å². The number of nitrogens with zero attached hydrogens (tertiary/aromatic N) is 2. The first-order valence-electron chi connectivity index (χ1n) is 4.81. The molecule has 1 aromatic rings. The molecule has 0 aromatic carbocycles. The van der Waals surface area contributed by atoms with E-state index in [-0.39, 0.29) is 11.6 Å². The van der Waals surface area contributed by atoms with Gasteiger partial charge in [0, 0.05) is 11.8 Å². The highest BCUT2D eigenvalue weighted by atomic mass is 32.2. The van der Waals surface area contributed by atoms with Crippen molar-refractivity contribution in [3.05, 3.63) is 24.4 Å². The third kappa shape index (κ3) is 3.19. The van der Waals surface area contributed by atoms with E-state index in [0.717, 1.165) is 0 Å². The Kier molecular flexibility index (Phi) is 4.06. The van der Waals surface area contributed by atoms with Crippen molar-refractivity contribution in [1.29, 1.82) is 5.26 Å². The number of sulfonamides is 1. The molecule has 0 aliphatic carbocycles. The van der Waals surface area contributed by atoms with Gasteiger partial charge in [-0.15, -0.1) is 0 Å². The van der Waals surface area contributed by atoms with Crippen molar-refractivity contribution in [3.8, 4) is 6.19 Å². The lowest BCUT2D eigenvalue weighted by atomic mass is 10.2. The van der Waals surface area contributed by atoms with Crippen LogP contribution in [0.1, 0.15) is 12.5 Å². The van der Waals surface area contributed by atoms with Crippen molar-refractivity contribution >= 4 is 27.6 Å². The first-order chi connectivity index (χ1) is 8.04. The summed E-state index contributed by atoms with van der Waals surface area (Å²) < 4.78 is 25.3. The number of rotatable bonds is 5. The van der Waals surface area contributed by atoms with Crippen LogP contribution in [0.2, 0.25) is 0 Å². The molecule has 2 N–H and O–H groups in total. The molecule has 1 aromatic heterocycles. The molecule has 6 nitrogen and oxygen atoms in total. The predicted octanol–water partition coefficient (Wildman–Crippen LogP) is 1.38. The highest BCUT2D eigenvalue weighted by Gasteiger charge is 2.12. The molecule has 0 unspecified atom stereocenters. The molecule has 0 aliphatic rings. The van der Waals surface area contributed by atoms with Gasteiger partial charge in [-0.05, 0) is 13.0 Å². The van der Waals surface area contributed by atoms with E-state index < -0.39 is 10.0 Å². The second kappa shape index (κ2) is 5.32. The van der Waals surface area contributed by atoms with Crippen LogP contribution < -0.4 is 10.0 Å². The summed E-state index contributed by atoms with van der Waals surface area (Å²) in [5.74, 6) is 0.228. The third-order valence-corrected chi connectivity index (χ3v) is 3.31. The summed E-state index contributed by atoms with van der Waals surface area (Å²) in [4.78, 5) is 3.92. The van der Waals surface area contributed by atoms with Crippen molar-refractivity contribution in [1.82, 2.24) is 4.98 Å². The SMILES string of the molecule is C=Cc1c(NS(=O)(=O)CC)ccnc1NC#N. The Morgan fingerprint density at radius 2 is 2.35 bits per heavy atom. The monoisotopic (exact) mass is 252 g/mol. The molecule has 0 spiro atoms. The number of anilines is 2. The molecule has 0 saturated heterocycles. The third-order valence-electron chi connectivity index (χ3n) is 2.01.